The van der Waals surface area contributed by atoms with Crippen LogP contribution in [0, 0.1) is 6.92 Å². The maximum Gasteiger partial charge on any atom is 0.168 e. The number of aromatic nitrogens is 3. The Hall–Kier alpha value is -2.56. The van der Waals surface area contributed by atoms with Crippen molar-refractivity contribution in [2.45, 2.75) is 13.8 Å². The van der Waals surface area contributed by atoms with Crippen LogP contribution in [0.15, 0.2) is 36.5 Å². The van der Waals surface area contributed by atoms with Gasteiger partial charge in [0.25, 0.3) is 0 Å². The molecule has 0 radical (unpaired) electrons. The number of fused-ring (bicyclic) bond motifs is 1. The molecule has 5 nitrogen and oxygen atoms in total. The highest BCUT2D eigenvalue weighted by Crippen LogP contribution is 2.23. The van der Waals surface area contributed by atoms with Crippen molar-refractivity contribution in [3.8, 4) is 17.1 Å². The zero-order chi connectivity index (χ0) is 14.1. The second-order valence-corrected chi connectivity index (χ2v) is 4.63. The maximum absolute atomic E-state index is 5.90. The zero-order valence-electron chi connectivity index (χ0n) is 11.5. The third kappa shape index (κ3) is 2.07. The van der Waals surface area contributed by atoms with Crippen molar-refractivity contribution in [3.05, 3.63) is 42.1 Å². The van der Waals surface area contributed by atoms with Crippen LogP contribution in [-0.2, 0) is 0 Å². The number of pyridine rings is 1. The van der Waals surface area contributed by atoms with E-state index in [2.05, 4.69) is 10.2 Å². The SMILES string of the molecule is CCOc1ccc(-c2nnc3c(C)cc(N)cn23)cc1. The smallest absolute Gasteiger partial charge is 0.168 e. The van der Waals surface area contributed by atoms with Gasteiger partial charge in [-0.05, 0) is 49.7 Å². The minimum atomic E-state index is 0.656. The topological polar surface area (TPSA) is 65.4 Å². The van der Waals surface area contributed by atoms with E-state index in [1.165, 1.54) is 0 Å². The molecule has 0 aliphatic carbocycles. The normalized spacial score (nSPS) is 10.9. The minimum absolute atomic E-state index is 0.656. The number of ether oxygens (including phenoxy) is 1. The summed E-state index contributed by atoms with van der Waals surface area (Å²) in [6, 6.07) is 9.70. The molecule has 2 heterocycles. The number of nitrogens with two attached hydrogens (primary N) is 1. The Labute approximate surface area is 117 Å². The molecular weight excluding hydrogens is 252 g/mol. The van der Waals surface area contributed by atoms with E-state index in [4.69, 9.17) is 10.5 Å². The van der Waals surface area contributed by atoms with Crippen LogP contribution in [0.5, 0.6) is 5.75 Å². The molecule has 2 aromatic heterocycles. The van der Waals surface area contributed by atoms with Gasteiger partial charge in [0.1, 0.15) is 5.75 Å². The highest BCUT2D eigenvalue weighted by atomic mass is 16.5. The van der Waals surface area contributed by atoms with Gasteiger partial charge in [-0.1, -0.05) is 0 Å². The average molecular weight is 268 g/mol. The molecule has 0 unspecified atom stereocenters. The first kappa shape index (κ1) is 12.5. The second-order valence-electron chi connectivity index (χ2n) is 4.63. The first-order valence-electron chi connectivity index (χ1n) is 6.53. The van der Waals surface area contributed by atoms with E-state index < -0.39 is 0 Å². The lowest BCUT2D eigenvalue weighted by Crippen LogP contribution is -1.96. The Kier molecular flexibility index (Phi) is 3.02. The van der Waals surface area contributed by atoms with Crippen molar-refractivity contribution in [2.24, 2.45) is 0 Å². The molecule has 1 aromatic carbocycles. The van der Waals surface area contributed by atoms with Crippen LogP contribution in [0.3, 0.4) is 0 Å². The summed E-state index contributed by atoms with van der Waals surface area (Å²) in [4.78, 5) is 0. The van der Waals surface area contributed by atoms with Crippen LogP contribution in [0.25, 0.3) is 17.0 Å². The standard InChI is InChI=1S/C15H16N4O/c1-3-20-13-6-4-11(5-7-13)15-18-17-14-10(2)8-12(16)9-19(14)15/h4-9H,3,16H2,1-2H3. The molecule has 102 valence electrons. The molecule has 0 aliphatic rings. The highest BCUT2D eigenvalue weighted by Gasteiger charge is 2.10. The third-order valence-electron chi connectivity index (χ3n) is 3.13. The van der Waals surface area contributed by atoms with Crippen molar-refractivity contribution in [1.29, 1.82) is 0 Å². The molecule has 0 spiro atoms. The summed E-state index contributed by atoms with van der Waals surface area (Å²) in [5.41, 5.74) is 9.40. The summed E-state index contributed by atoms with van der Waals surface area (Å²) in [7, 11) is 0. The molecule has 0 saturated heterocycles. The molecule has 5 heteroatoms. The molecule has 0 aliphatic heterocycles. The molecule has 20 heavy (non-hydrogen) atoms. The number of nitrogen functional groups attached to an aromatic ring is 1. The fourth-order valence-electron chi connectivity index (χ4n) is 2.25. The maximum atomic E-state index is 5.90. The van der Waals surface area contributed by atoms with E-state index in [1.54, 1.807) is 0 Å². The van der Waals surface area contributed by atoms with Crippen molar-refractivity contribution in [1.82, 2.24) is 14.6 Å². The predicted molar refractivity (Wildman–Crippen MR) is 78.7 cm³/mol. The molecular formula is C15H16N4O. The number of anilines is 1. The molecule has 0 atom stereocenters. The Morgan fingerprint density at radius 1 is 1.20 bits per heavy atom. The largest absolute Gasteiger partial charge is 0.494 e. The molecule has 3 rings (SSSR count). The second kappa shape index (κ2) is 4.85. The van der Waals surface area contributed by atoms with Crippen molar-refractivity contribution in [3.63, 3.8) is 0 Å². The van der Waals surface area contributed by atoms with E-state index in [1.807, 2.05) is 54.8 Å². The Morgan fingerprint density at radius 2 is 1.95 bits per heavy atom. The third-order valence-corrected chi connectivity index (χ3v) is 3.13. The van der Waals surface area contributed by atoms with E-state index in [0.717, 1.165) is 28.3 Å². The molecule has 2 N–H and O–H groups in total. The van der Waals surface area contributed by atoms with Gasteiger partial charge in [-0.3, -0.25) is 4.40 Å². The number of rotatable bonds is 3. The fraction of sp³-hybridized carbons (Fsp3) is 0.200. The van der Waals surface area contributed by atoms with Gasteiger partial charge < -0.3 is 10.5 Å². The molecule has 3 aromatic rings. The number of nitrogens with zero attached hydrogens (tertiary/aromatic N) is 3. The molecule has 0 amide bonds. The predicted octanol–water partition coefficient (Wildman–Crippen LogP) is 2.69. The first-order valence-corrected chi connectivity index (χ1v) is 6.53. The number of benzene rings is 1. The zero-order valence-corrected chi connectivity index (χ0v) is 11.5. The number of aryl methyl sites for hydroxylation is 1. The van der Waals surface area contributed by atoms with Gasteiger partial charge in [-0.25, -0.2) is 0 Å². The van der Waals surface area contributed by atoms with Crippen LogP contribution >= 0.6 is 0 Å². The summed E-state index contributed by atoms with van der Waals surface area (Å²) >= 11 is 0. The molecule has 0 bridgehead atoms. The lowest BCUT2D eigenvalue weighted by atomic mass is 10.2. The summed E-state index contributed by atoms with van der Waals surface area (Å²) < 4.78 is 7.36. The number of hydrogen-bond acceptors (Lipinski definition) is 4. The van der Waals surface area contributed by atoms with Crippen molar-refractivity contribution < 1.29 is 4.74 Å². The van der Waals surface area contributed by atoms with Crippen LogP contribution in [-0.4, -0.2) is 21.2 Å². The van der Waals surface area contributed by atoms with Crippen LogP contribution < -0.4 is 10.5 Å². The molecule has 0 fully saturated rings. The Balaban J connectivity index is 2.10. The van der Waals surface area contributed by atoms with Crippen LogP contribution in [0.2, 0.25) is 0 Å². The minimum Gasteiger partial charge on any atom is -0.494 e. The van der Waals surface area contributed by atoms with Gasteiger partial charge in [-0.2, -0.15) is 0 Å². The van der Waals surface area contributed by atoms with Gasteiger partial charge >= 0.3 is 0 Å². The van der Waals surface area contributed by atoms with Crippen molar-refractivity contribution >= 4 is 11.3 Å². The quantitative estimate of drug-likeness (QED) is 0.793. The summed E-state index contributed by atoms with van der Waals surface area (Å²) in [5.74, 6) is 1.62. The van der Waals surface area contributed by atoms with E-state index >= 15 is 0 Å². The van der Waals surface area contributed by atoms with Gasteiger partial charge in [0.15, 0.2) is 11.5 Å². The van der Waals surface area contributed by atoms with Gasteiger partial charge in [-0.15, -0.1) is 10.2 Å². The van der Waals surface area contributed by atoms with Gasteiger partial charge in [0.2, 0.25) is 0 Å². The van der Waals surface area contributed by atoms with Crippen LogP contribution in [0.1, 0.15) is 12.5 Å². The fourth-order valence-corrected chi connectivity index (χ4v) is 2.25. The Morgan fingerprint density at radius 3 is 2.65 bits per heavy atom. The van der Waals surface area contributed by atoms with Gasteiger partial charge in [0, 0.05) is 17.4 Å². The summed E-state index contributed by atoms with van der Waals surface area (Å²) in [6.07, 6.45) is 1.84. The van der Waals surface area contributed by atoms with E-state index in [9.17, 15) is 0 Å². The highest BCUT2D eigenvalue weighted by molar-refractivity contribution is 5.64. The van der Waals surface area contributed by atoms with E-state index in [0.29, 0.717) is 12.3 Å². The van der Waals surface area contributed by atoms with Gasteiger partial charge in [0.05, 0.1) is 6.61 Å². The lowest BCUT2D eigenvalue weighted by molar-refractivity contribution is 0.340. The van der Waals surface area contributed by atoms with Crippen LogP contribution in [0.4, 0.5) is 5.69 Å². The van der Waals surface area contributed by atoms with E-state index in [-0.39, 0.29) is 0 Å². The average Bonchev–Trinajstić information content (AvgIpc) is 2.84. The van der Waals surface area contributed by atoms with Crippen molar-refractivity contribution in [2.75, 3.05) is 12.3 Å². The molecule has 0 saturated carbocycles. The summed E-state index contributed by atoms with van der Waals surface area (Å²) in [6.45, 7) is 4.59. The lowest BCUT2D eigenvalue weighted by Gasteiger charge is -2.05. The summed E-state index contributed by atoms with van der Waals surface area (Å²) in [5, 5.41) is 8.48. The Bertz CT molecular complexity index is 746. The number of hydrogen-bond donors (Lipinski definition) is 1. The monoisotopic (exact) mass is 268 g/mol. The first-order chi connectivity index (χ1) is 9.69.